The van der Waals surface area contributed by atoms with Gasteiger partial charge in [-0.3, -0.25) is 0 Å². The van der Waals surface area contributed by atoms with E-state index in [9.17, 15) is 4.39 Å². The van der Waals surface area contributed by atoms with Gasteiger partial charge in [-0.1, -0.05) is 35.7 Å². The summed E-state index contributed by atoms with van der Waals surface area (Å²) in [6.45, 7) is 2.79. The molecule has 0 amide bonds. The number of halogens is 1. The van der Waals surface area contributed by atoms with Gasteiger partial charge in [0.15, 0.2) is 5.16 Å². The predicted octanol–water partition coefficient (Wildman–Crippen LogP) is 3.92. The van der Waals surface area contributed by atoms with Crippen molar-refractivity contribution in [1.82, 2.24) is 9.97 Å². The zero-order valence-electron chi connectivity index (χ0n) is 10.7. The molecular weight excluding hydrogens is 281 g/mol. The molecule has 0 aliphatic heterocycles. The van der Waals surface area contributed by atoms with Crippen LogP contribution in [0.1, 0.15) is 6.92 Å². The van der Waals surface area contributed by atoms with Crippen LogP contribution in [0.2, 0.25) is 0 Å². The number of aromatic nitrogens is 2. The van der Waals surface area contributed by atoms with E-state index in [-0.39, 0.29) is 5.82 Å². The summed E-state index contributed by atoms with van der Waals surface area (Å²) in [4.78, 5) is 9.28. The number of anilines is 1. The second-order valence-corrected chi connectivity index (χ2v) is 5.48. The average Bonchev–Trinajstić information content (AvgIpc) is 2.41. The summed E-state index contributed by atoms with van der Waals surface area (Å²) in [5, 5.41) is 4.57. The maximum Gasteiger partial charge on any atom is 0.190 e. The number of hydrogen-bond acceptors (Lipinski definition) is 5. The summed E-state index contributed by atoms with van der Waals surface area (Å²) in [6, 6.07) is 8.52. The molecule has 0 aliphatic carbocycles. The largest absolute Gasteiger partial charge is 0.370 e. The van der Waals surface area contributed by atoms with E-state index in [1.807, 2.05) is 25.3 Å². The summed E-state index contributed by atoms with van der Waals surface area (Å²) in [5.41, 5.74) is 0. The molecule has 0 saturated carbocycles. The van der Waals surface area contributed by atoms with Crippen LogP contribution in [0.3, 0.4) is 0 Å². The molecule has 0 unspecified atom stereocenters. The molecule has 0 bridgehead atoms. The Kier molecular flexibility index (Phi) is 5.04. The molecule has 1 aromatic carbocycles. The summed E-state index contributed by atoms with van der Waals surface area (Å²) in [6.07, 6.45) is 1.92. The SMILES string of the molecule is CCNc1cc(Sc2ccccc2F)nc(SC)n1. The Hall–Kier alpha value is -1.27. The number of hydrogen-bond donors (Lipinski definition) is 1. The van der Waals surface area contributed by atoms with Gasteiger partial charge in [0.2, 0.25) is 0 Å². The number of nitrogens with one attached hydrogen (secondary N) is 1. The monoisotopic (exact) mass is 295 g/mol. The molecule has 1 heterocycles. The maximum absolute atomic E-state index is 13.6. The average molecular weight is 295 g/mol. The highest BCUT2D eigenvalue weighted by Crippen LogP contribution is 2.30. The number of thioether (sulfide) groups is 1. The van der Waals surface area contributed by atoms with Crippen LogP contribution in [0, 0.1) is 5.82 Å². The molecule has 0 radical (unpaired) electrons. The second kappa shape index (κ2) is 6.77. The zero-order valence-corrected chi connectivity index (χ0v) is 12.3. The molecular formula is C13H14FN3S2. The van der Waals surface area contributed by atoms with E-state index < -0.39 is 0 Å². The smallest absolute Gasteiger partial charge is 0.190 e. The van der Waals surface area contributed by atoms with Crippen LogP contribution < -0.4 is 5.32 Å². The Morgan fingerprint density at radius 2 is 2.05 bits per heavy atom. The Morgan fingerprint density at radius 3 is 2.74 bits per heavy atom. The minimum atomic E-state index is -0.234. The first kappa shape index (κ1) is 14.1. The van der Waals surface area contributed by atoms with Crippen molar-refractivity contribution in [1.29, 1.82) is 0 Å². The number of benzene rings is 1. The summed E-state index contributed by atoms with van der Waals surface area (Å²) >= 11 is 2.77. The van der Waals surface area contributed by atoms with Crippen LogP contribution in [0.4, 0.5) is 10.2 Å². The lowest BCUT2D eigenvalue weighted by Crippen LogP contribution is -2.01. The van der Waals surface area contributed by atoms with Gasteiger partial charge >= 0.3 is 0 Å². The molecule has 0 fully saturated rings. The lowest BCUT2D eigenvalue weighted by Gasteiger charge is -2.07. The van der Waals surface area contributed by atoms with Crippen molar-refractivity contribution in [3.05, 3.63) is 36.1 Å². The van der Waals surface area contributed by atoms with E-state index in [1.54, 1.807) is 12.1 Å². The molecule has 1 aromatic heterocycles. The molecule has 0 atom stereocenters. The first-order valence-corrected chi connectivity index (χ1v) is 7.86. The van der Waals surface area contributed by atoms with E-state index >= 15 is 0 Å². The lowest BCUT2D eigenvalue weighted by atomic mass is 10.3. The number of nitrogens with zero attached hydrogens (tertiary/aromatic N) is 2. The Bertz CT molecular complexity index is 563. The van der Waals surface area contributed by atoms with Crippen LogP contribution in [-0.4, -0.2) is 22.8 Å². The lowest BCUT2D eigenvalue weighted by molar-refractivity contribution is 0.602. The molecule has 19 heavy (non-hydrogen) atoms. The van der Waals surface area contributed by atoms with Crippen molar-refractivity contribution in [3.63, 3.8) is 0 Å². The third kappa shape index (κ3) is 3.84. The van der Waals surface area contributed by atoms with Gasteiger partial charge < -0.3 is 5.32 Å². The normalized spacial score (nSPS) is 10.5. The summed E-state index contributed by atoms with van der Waals surface area (Å²) in [5.74, 6) is 0.530. The highest BCUT2D eigenvalue weighted by Gasteiger charge is 2.08. The van der Waals surface area contributed by atoms with Crippen LogP contribution >= 0.6 is 23.5 Å². The van der Waals surface area contributed by atoms with Crippen molar-refractivity contribution in [2.24, 2.45) is 0 Å². The van der Waals surface area contributed by atoms with Crippen molar-refractivity contribution in [3.8, 4) is 0 Å². The van der Waals surface area contributed by atoms with Gasteiger partial charge in [0, 0.05) is 17.5 Å². The second-order valence-electron chi connectivity index (χ2n) is 3.64. The molecule has 2 aromatic rings. The fraction of sp³-hybridized carbons (Fsp3) is 0.231. The van der Waals surface area contributed by atoms with Gasteiger partial charge in [-0.05, 0) is 25.3 Å². The van der Waals surface area contributed by atoms with E-state index in [2.05, 4.69) is 15.3 Å². The van der Waals surface area contributed by atoms with Crippen molar-refractivity contribution in [2.45, 2.75) is 22.0 Å². The topological polar surface area (TPSA) is 37.8 Å². The fourth-order valence-electron chi connectivity index (χ4n) is 1.46. The standard InChI is InChI=1S/C13H14FN3S2/c1-3-15-11-8-12(17-13(16-11)18-2)19-10-7-5-4-6-9(10)14/h4-8H,3H2,1-2H3,(H,15,16,17). The minimum Gasteiger partial charge on any atom is -0.370 e. The highest BCUT2D eigenvalue weighted by molar-refractivity contribution is 7.99. The molecule has 6 heteroatoms. The first-order chi connectivity index (χ1) is 9.22. The van der Waals surface area contributed by atoms with Crippen LogP contribution in [-0.2, 0) is 0 Å². The maximum atomic E-state index is 13.6. The third-order valence-electron chi connectivity index (χ3n) is 2.27. The molecule has 0 saturated heterocycles. The Labute approximate surface area is 120 Å². The predicted molar refractivity (Wildman–Crippen MR) is 78.5 cm³/mol. The van der Waals surface area contributed by atoms with Crippen molar-refractivity contribution < 1.29 is 4.39 Å². The van der Waals surface area contributed by atoms with E-state index in [4.69, 9.17) is 0 Å². The van der Waals surface area contributed by atoms with E-state index in [1.165, 1.54) is 29.6 Å². The van der Waals surface area contributed by atoms with Crippen LogP contribution in [0.5, 0.6) is 0 Å². The van der Waals surface area contributed by atoms with Gasteiger partial charge in [-0.25, -0.2) is 14.4 Å². The zero-order chi connectivity index (χ0) is 13.7. The van der Waals surface area contributed by atoms with Gasteiger partial charge in [0.05, 0.1) is 0 Å². The fourth-order valence-corrected chi connectivity index (χ4v) is 2.74. The van der Waals surface area contributed by atoms with Crippen molar-refractivity contribution >= 4 is 29.3 Å². The molecule has 3 nitrogen and oxygen atoms in total. The third-order valence-corrected chi connectivity index (χ3v) is 3.79. The Balaban J connectivity index is 2.29. The van der Waals surface area contributed by atoms with Crippen LogP contribution in [0.25, 0.3) is 0 Å². The Morgan fingerprint density at radius 1 is 1.26 bits per heavy atom. The van der Waals surface area contributed by atoms with Gasteiger partial charge in [-0.2, -0.15) is 0 Å². The minimum absolute atomic E-state index is 0.234. The summed E-state index contributed by atoms with van der Waals surface area (Å²) < 4.78 is 13.6. The molecule has 2 rings (SSSR count). The van der Waals surface area contributed by atoms with Crippen molar-refractivity contribution in [2.75, 3.05) is 18.1 Å². The first-order valence-electron chi connectivity index (χ1n) is 5.82. The molecule has 100 valence electrons. The molecule has 1 N–H and O–H groups in total. The van der Waals surface area contributed by atoms with Crippen LogP contribution in [0.15, 0.2) is 45.4 Å². The van der Waals surface area contributed by atoms with E-state index in [0.29, 0.717) is 10.1 Å². The van der Waals surface area contributed by atoms with Gasteiger partial charge in [-0.15, -0.1) is 0 Å². The van der Waals surface area contributed by atoms with Gasteiger partial charge in [0.1, 0.15) is 16.7 Å². The molecule has 0 aliphatic rings. The molecule has 0 spiro atoms. The van der Waals surface area contributed by atoms with Gasteiger partial charge in [0.25, 0.3) is 0 Å². The van der Waals surface area contributed by atoms with E-state index in [0.717, 1.165) is 17.4 Å². The summed E-state index contributed by atoms with van der Waals surface area (Å²) in [7, 11) is 0. The highest BCUT2D eigenvalue weighted by atomic mass is 32.2. The quantitative estimate of drug-likeness (QED) is 0.514. The number of rotatable bonds is 5.